The zero-order chi connectivity index (χ0) is 14.0. The molecular formula is C11H17N5OS2. The number of aliphatic hydroxyl groups excluding tert-OH is 1. The van der Waals surface area contributed by atoms with Crippen molar-refractivity contribution < 1.29 is 5.11 Å². The number of anilines is 2. The van der Waals surface area contributed by atoms with E-state index in [1.54, 1.807) is 0 Å². The molecule has 2 rings (SSSR count). The van der Waals surface area contributed by atoms with Gasteiger partial charge >= 0.3 is 0 Å². The molecule has 0 bridgehead atoms. The molecule has 2 aromatic heterocycles. The van der Waals surface area contributed by atoms with Crippen molar-refractivity contribution in [3.05, 3.63) is 0 Å². The van der Waals surface area contributed by atoms with E-state index in [2.05, 4.69) is 34.5 Å². The predicted molar refractivity (Wildman–Crippen MR) is 81.1 cm³/mol. The highest BCUT2D eigenvalue weighted by Crippen LogP contribution is 2.32. The van der Waals surface area contributed by atoms with Crippen LogP contribution in [0.5, 0.6) is 0 Å². The Kier molecular flexibility index (Phi) is 4.43. The summed E-state index contributed by atoms with van der Waals surface area (Å²) < 4.78 is 0.826. The fourth-order valence-corrected chi connectivity index (χ4v) is 2.96. The lowest BCUT2D eigenvalue weighted by molar-refractivity contribution is 0.255. The SMILES string of the molecule is CCC[C@H](CO)N(C)c1nc(S)nc2nc(N)sc12. The molecule has 0 fully saturated rings. The van der Waals surface area contributed by atoms with E-state index in [4.69, 9.17) is 5.73 Å². The lowest BCUT2D eigenvalue weighted by atomic mass is 10.1. The van der Waals surface area contributed by atoms with E-state index in [1.165, 1.54) is 11.3 Å². The maximum atomic E-state index is 9.49. The average molecular weight is 299 g/mol. The normalized spacial score (nSPS) is 12.8. The van der Waals surface area contributed by atoms with Crippen LogP contribution < -0.4 is 10.6 Å². The van der Waals surface area contributed by atoms with Crippen LogP contribution in [-0.2, 0) is 0 Å². The monoisotopic (exact) mass is 299 g/mol. The molecule has 8 heteroatoms. The smallest absolute Gasteiger partial charge is 0.188 e. The Morgan fingerprint density at radius 3 is 2.79 bits per heavy atom. The molecule has 1 atom stereocenters. The van der Waals surface area contributed by atoms with Crippen LogP contribution in [0.25, 0.3) is 10.3 Å². The van der Waals surface area contributed by atoms with Gasteiger partial charge in [0.1, 0.15) is 4.70 Å². The third kappa shape index (κ3) is 2.90. The number of fused-ring (bicyclic) bond motifs is 1. The van der Waals surface area contributed by atoms with Gasteiger partial charge in [0.2, 0.25) is 0 Å². The van der Waals surface area contributed by atoms with Gasteiger partial charge in [-0.15, -0.1) is 12.6 Å². The molecule has 19 heavy (non-hydrogen) atoms. The number of thiol groups is 1. The number of aromatic nitrogens is 3. The lowest BCUT2D eigenvalue weighted by Crippen LogP contribution is -2.35. The molecule has 0 amide bonds. The maximum Gasteiger partial charge on any atom is 0.188 e. The van der Waals surface area contributed by atoms with Gasteiger partial charge in [0, 0.05) is 7.05 Å². The molecule has 2 aromatic rings. The standard InChI is InChI=1S/C11H17N5OS2/c1-3-4-6(5-17)16(2)9-7-8(13-10(12)19-7)14-11(18)15-9/h6,17H,3-5H2,1-2H3,(H3,12,13,14,15,18)/t6-/m1/s1. The van der Waals surface area contributed by atoms with Gasteiger partial charge in [0.15, 0.2) is 21.8 Å². The van der Waals surface area contributed by atoms with Crippen LogP contribution in [0, 0.1) is 0 Å². The first kappa shape index (κ1) is 14.3. The van der Waals surface area contributed by atoms with Crippen molar-refractivity contribution >= 4 is 45.3 Å². The third-order valence-electron chi connectivity index (χ3n) is 2.96. The highest BCUT2D eigenvalue weighted by atomic mass is 32.1. The van der Waals surface area contributed by atoms with E-state index in [-0.39, 0.29) is 12.6 Å². The molecule has 0 spiro atoms. The highest BCUT2D eigenvalue weighted by molar-refractivity contribution is 7.80. The van der Waals surface area contributed by atoms with Crippen molar-refractivity contribution in [1.29, 1.82) is 0 Å². The number of nitrogens with zero attached hydrogens (tertiary/aromatic N) is 4. The number of thiazole rings is 1. The summed E-state index contributed by atoms with van der Waals surface area (Å²) in [6, 6.07) is 0.0131. The van der Waals surface area contributed by atoms with Gasteiger partial charge in [-0.25, -0.2) is 15.0 Å². The van der Waals surface area contributed by atoms with Crippen LogP contribution in [0.1, 0.15) is 19.8 Å². The first-order valence-corrected chi connectivity index (χ1v) is 7.29. The van der Waals surface area contributed by atoms with Gasteiger partial charge in [-0.05, 0) is 6.42 Å². The maximum absolute atomic E-state index is 9.49. The van der Waals surface area contributed by atoms with Crippen molar-refractivity contribution in [2.75, 3.05) is 24.3 Å². The van der Waals surface area contributed by atoms with Crippen LogP contribution in [0.15, 0.2) is 5.16 Å². The van der Waals surface area contributed by atoms with Gasteiger partial charge in [-0.2, -0.15) is 0 Å². The van der Waals surface area contributed by atoms with Crippen LogP contribution in [0.4, 0.5) is 10.9 Å². The van der Waals surface area contributed by atoms with E-state index in [0.29, 0.717) is 15.9 Å². The Labute approximate surface area is 121 Å². The number of aliphatic hydroxyl groups is 1. The Hall–Kier alpha value is -1.12. The Morgan fingerprint density at radius 1 is 1.42 bits per heavy atom. The number of hydrogen-bond acceptors (Lipinski definition) is 8. The Morgan fingerprint density at radius 2 is 2.16 bits per heavy atom. The summed E-state index contributed by atoms with van der Waals surface area (Å²) in [4.78, 5) is 14.6. The Balaban J connectivity index is 2.47. The Bertz CT molecular complexity index is 573. The summed E-state index contributed by atoms with van der Waals surface area (Å²) in [6.07, 6.45) is 1.87. The van der Waals surface area contributed by atoms with Gasteiger partial charge in [-0.3, -0.25) is 0 Å². The number of likely N-dealkylation sites (N-methyl/N-ethyl adjacent to an activating group) is 1. The molecular weight excluding hydrogens is 282 g/mol. The summed E-state index contributed by atoms with van der Waals surface area (Å²) >= 11 is 5.54. The van der Waals surface area contributed by atoms with Crippen molar-refractivity contribution in [2.24, 2.45) is 0 Å². The van der Waals surface area contributed by atoms with Gasteiger partial charge < -0.3 is 15.7 Å². The van der Waals surface area contributed by atoms with E-state index in [0.717, 1.165) is 23.4 Å². The van der Waals surface area contributed by atoms with Crippen LogP contribution >= 0.6 is 24.0 Å². The second kappa shape index (κ2) is 5.89. The van der Waals surface area contributed by atoms with Crippen molar-refractivity contribution in [1.82, 2.24) is 15.0 Å². The molecule has 3 N–H and O–H groups in total. The number of rotatable bonds is 5. The van der Waals surface area contributed by atoms with Crippen molar-refractivity contribution in [3.63, 3.8) is 0 Å². The molecule has 0 aliphatic heterocycles. The minimum absolute atomic E-state index is 0.0131. The second-order valence-electron chi connectivity index (χ2n) is 4.29. The van der Waals surface area contributed by atoms with Crippen molar-refractivity contribution in [3.8, 4) is 0 Å². The van der Waals surface area contributed by atoms with Gasteiger partial charge in [0.05, 0.1) is 12.6 Å². The van der Waals surface area contributed by atoms with E-state index in [1.807, 2.05) is 11.9 Å². The van der Waals surface area contributed by atoms with E-state index < -0.39 is 0 Å². The molecule has 0 aromatic carbocycles. The minimum Gasteiger partial charge on any atom is -0.394 e. The second-order valence-corrected chi connectivity index (χ2v) is 5.72. The number of nitrogen functional groups attached to an aromatic ring is 1. The molecule has 0 saturated carbocycles. The summed E-state index contributed by atoms with van der Waals surface area (Å²) in [5.74, 6) is 0.719. The average Bonchev–Trinajstić information content (AvgIpc) is 2.74. The minimum atomic E-state index is 0.0131. The number of nitrogens with two attached hydrogens (primary N) is 1. The molecule has 2 heterocycles. The molecule has 0 aliphatic rings. The first-order valence-electron chi connectivity index (χ1n) is 6.03. The summed E-state index contributed by atoms with van der Waals surface area (Å²) in [5.41, 5.74) is 6.28. The fraction of sp³-hybridized carbons (Fsp3) is 0.545. The third-order valence-corrected chi connectivity index (χ3v) is 4.02. The molecule has 104 valence electrons. The summed E-state index contributed by atoms with van der Waals surface area (Å²) in [7, 11) is 1.90. The molecule has 0 radical (unpaired) electrons. The molecule has 0 saturated heterocycles. The zero-order valence-electron chi connectivity index (χ0n) is 10.9. The van der Waals surface area contributed by atoms with Crippen LogP contribution in [0.3, 0.4) is 0 Å². The van der Waals surface area contributed by atoms with Gasteiger partial charge in [0.25, 0.3) is 0 Å². The van der Waals surface area contributed by atoms with Crippen LogP contribution in [0.2, 0.25) is 0 Å². The zero-order valence-corrected chi connectivity index (χ0v) is 12.6. The summed E-state index contributed by atoms with van der Waals surface area (Å²) in [5, 5.41) is 10.3. The lowest BCUT2D eigenvalue weighted by Gasteiger charge is -2.27. The highest BCUT2D eigenvalue weighted by Gasteiger charge is 2.20. The fourth-order valence-electron chi connectivity index (χ4n) is 1.97. The van der Waals surface area contributed by atoms with E-state index >= 15 is 0 Å². The topological polar surface area (TPSA) is 88.2 Å². The first-order chi connectivity index (χ1) is 9.06. The molecule has 0 aliphatic carbocycles. The summed E-state index contributed by atoms with van der Waals surface area (Å²) in [6.45, 7) is 2.16. The number of hydrogen-bond donors (Lipinski definition) is 3. The molecule has 6 nitrogen and oxygen atoms in total. The largest absolute Gasteiger partial charge is 0.394 e. The van der Waals surface area contributed by atoms with Crippen LogP contribution in [-0.4, -0.2) is 39.8 Å². The van der Waals surface area contributed by atoms with Crippen molar-refractivity contribution in [2.45, 2.75) is 31.0 Å². The quantitative estimate of drug-likeness (QED) is 0.573. The van der Waals surface area contributed by atoms with Gasteiger partial charge in [-0.1, -0.05) is 24.7 Å². The van der Waals surface area contributed by atoms with E-state index in [9.17, 15) is 5.11 Å². The molecule has 0 unspecified atom stereocenters. The predicted octanol–water partition coefficient (Wildman–Crippen LogP) is 1.55.